The van der Waals surface area contributed by atoms with Crippen LogP contribution in [0.1, 0.15) is 39.5 Å². The summed E-state index contributed by atoms with van der Waals surface area (Å²) in [5, 5.41) is 3.58. The van der Waals surface area contributed by atoms with Crippen LogP contribution in [0.4, 0.5) is 0 Å². The molecule has 1 aliphatic heterocycles. The monoisotopic (exact) mass is 301 g/mol. The number of ether oxygens (including phenoxy) is 1. The largest absolute Gasteiger partial charge is 0.463 e. The average molecular weight is 301 g/mol. The molecule has 3 aliphatic rings. The molecule has 4 nitrogen and oxygen atoms in total. The molecule has 0 aromatic heterocycles. The highest BCUT2D eigenvalue weighted by Crippen LogP contribution is 2.56. The minimum Gasteiger partial charge on any atom is -0.463 e. The summed E-state index contributed by atoms with van der Waals surface area (Å²) in [6.45, 7) is 4.39. The van der Waals surface area contributed by atoms with Gasteiger partial charge in [-0.1, -0.05) is 25.0 Å². The molecule has 1 N–H and O–H groups in total. The minimum atomic E-state index is -0.379. The zero-order valence-electron chi connectivity index (χ0n) is 13.2. The van der Waals surface area contributed by atoms with Crippen molar-refractivity contribution in [3.05, 3.63) is 36.1 Å². The summed E-state index contributed by atoms with van der Waals surface area (Å²) < 4.78 is 5.07. The Morgan fingerprint density at radius 3 is 2.82 bits per heavy atom. The van der Waals surface area contributed by atoms with Crippen LogP contribution in [0.5, 0.6) is 0 Å². The van der Waals surface area contributed by atoms with Crippen LogP contribution in [0.15, 0.2) is 36.1 Å². The van der Waals surface area contributed by atoms with E-state index in [0.29, 0.717) is 12.5 Å². The Morgan fingerprint density at radius 1 is 1.41 bits per heavy atom. The molecule has 1 saturated heterocycles. The van der Waals surface area contributed by atoms with E-state index < -0.39 is 0 Å². The number of hydrogen-bond donors (Lipinski definition) is 1. The van der Waals surface area contributed by atoms with Crippen LogP contribution in [0.3, 0.4) is 0 Å². The molecule has 118 valence electrons. The number of rotatable bonds is 2. The smallest absolute Gasteiger partial charge is 0.332 e. The van der Waals surface area contributed by atoms with Crippen molar-refractivity contribution in [1.29, 1.82) is 0 Å². The van der Waals surface area contributed by atoms with Gasteiger partial charge < -0.3 is 10.1 Å². The molecular formula is C18H23NO3. The fourth-order valence-electron chi connectivity index (χ4n) is 4.28. The Bertz CT molecular complexity index is 571. The molecule has 2 aliphatic carbocycles. The van der Waals surface area contributed by atoms with Gasteiger partial charge in [-0.15, -0.1) is 0 Å². The molecule has 2 fully saturated rings. The lowest BCUT2D eigenvalue weighted by molar-refractivity contribution is -0.137. The highest BCUT2D eigenvalue weighted by molar-refractivity contribution is 6.00. The van der Waals surface area contributed by atoms with Crippen molar-refractivity contribution in [2.24, 2.45) is 11.3 Å². The highest BCUT2D eigenvalue weighted by atomic mass is 16.5. The van der Waals surface area contributed by atoms with Gasteiger partial charge in [0.2, 0.25) is 0 Å². The van der Waals surface area contributed by atoms with Gasteiger partial charge in [0.05, 0.1) is 12.0 Å². The molecule has 0 radical (unpaired) electrons. The maximum absolute atomic E-state index is 11.9. The fraction of sp³-hybridized carbons (Fsp3) is 0.556. The van der Waals surface area contributed by atoms with Crippen molar-refractivity contribution in [3.63, 3.8) is 0 Å². The second-order valence-corrected chi connectivity index (χ2v) is 6.65. The van der Waals surface area contributed by atoms with Gasteiger partial charge in [-0.2, -0.15) is 0 Å². The Morgan fingerprint density at radius 2 is 2.14 bits per heavy atom. The first kappa shape index (κ1) is 15.1. The van der Waals surface area contributed by atoms with Gasteiger partial charge in [-0.25, -0.2) is 4.79 Å². The minimum absolute atomic E-state index is 0.00511. The molecule has 3 rings (SSSR count). The van der Waals surface area contributed by atoms with E-state index in [2.05, 4.69) is 12.2 Å². The summed E-state index contributed by atoms with van der Waals surface area (Å²) in [5.41, 5.74) is 0.446. The third-order valence-corrected chi connectivity index (χ3v) is 5.27. The molecule has 0 aromatic carbocycles. The van der Waals surface area contributed by atoms with E-state index in [9.17, 15) is 9.59 Å². The van der Waals surface area contributed by atoms with E-state index in [-0.39, 0.29) is 22.7 Å². The van der Waals surface area contributed by atoms with Crippen LogP contribution >= 0.6 is 0 Å². The maximum atomic E-state index is 11.9. The Hall–Kier alpha value is -1.84. The lowest BCUT2D eigenvalue weighted by atomic mass is 9.62. The van der Waals surface area contributed by atoms with Gasteiger partial charge in [-0.05, 0) is 44.8 Å². The van der Waals surface area contributed by atoms with Crippen LogP contribution < -0.4 is 5.32 Å². The molecule has 0 aromatic rings. The number of allylic oxidation sites excluding steroid dienone is 3. The van der Waals surface area contributed by atoms with Gasteiger partial charge in [0.15, 0.2) is 5.78 Å². The second-order valence-electron chi connectivity index (χ2n) is 6.65. The topological polar surface area (TPSA) is 55.4 Å². The highest BCUT2D eigenvalue weighted by Gasteiger charge is 2.56. The molecule has 22 heavy (non-hydrogen) atoms. The molecule has 1 saturated carbocycles. The first-order valence-electron chi connectivity index (χ1n) is 8.10. The fourth-order valence-corrected chi connectivity index (χ4v) is 4.28. The van der Waals surface area contributed by atoms with Crippen LogP contribution in [0.25, 0.3) is 0 Å². The standard InChI is InChI=1S/C18H23NO3/c1-3-22-16(21)12-15-18(10-7-13(20)8-11-18)14-6-4-5-9-17(14,2)19-15/h7-8,10-12,14,19H,3-6,9H2,1-2H3. The lowest BCUT2D eigenvalue weighted by Crippen LogP contribution is -2.45. The van der Waals surface area contributed by atoms with Gasteiger partial charge in [0.25, 0.3) is 0 Å². The van der Waals surface area contributed by atoms with Crippen molar-refractivity contribution in [2.45, 2.75) is 45.1 Å². The summed E-state index contributed by atoms with van der Waals surface area (Å²) in [6.07, 6.45) is 13.3. The first-order valence-corrected chi connectivity index (χ1v) is 8.10. The summed E-state index contributed by atoms with van der Waals surface area (Å²) in [5.74, 6) is 0.0332. The number of carbonyl (C=O) groups is 2. The van der Waals surface area contributed by atoms with E-state index in [1.165, 1.54) is 12.8 Å². The normalized spacial score (nSPS) is 33.8. The molecule has 0 amide bonds. The van der Waals surface area contributed by atoms with Crippen molar-refractivity contribution < 1.29 is 14.3 Å². The second kappa shape index (κ2) is 5.41. The van der Waals surface area contributed by atoms with Crippen LogP contribution in [0, 0.1) is 11.3 Å². The zero-order chi connectivity index (χ0) is 15.8. The number of fused-ring (bicyclic) bond motifs is 2. The zero-order valence-corrected chi connectivity index (χ0v) is 13.2. The molecule has 2 unspecified atom stereocenters. The number of ketones is 1. The summed E-state index contributed by atoms with van der Waals surface area (Å²) >= 11 is 0. The van der Waals surface area contributed by atoms with E-state index >= 15 is 0 Å². The first-order chi connectivity index (χ1) is 10.5. The van der Waals surface area contributed by atoms with Crippen molar-refractivity contribution in [1.82, 2.24) is 5.32 Å². The third kappa shape index (κ3) is 2.31. The van der Waals surface area contributed by atoms with Gasteiger partial charge >= 0.3 is 5.97 Å². The van der Waals surface area contributed by atoms with E-state index in [1.807, 2.05) is 12.2 Å². The summed E-state index contributed by atoms with van der Waals surface area (Å²) in [4.78, 5) is 23.5. The Labute approximate surface area is 131 Å². The molecule has 0 bridgehead atoms. The Balaban J connectivity index is 2.04. The van der Waals surface area contributed by atoms with E-state index in [0.717, 1.165) is 18.5 Å². The predicted molar refractivity (Wildman–Crippen MR) is 83.9 cm³/mol. The van der Waals surface area contributed by atoms with E-state index in [1.54, 1.807) is 25.2 Å². The van der Waals surface area contributed by atoms with Gasteiger partial charge in [0, 0.05) is 17.3 Å². The average Bonchev–Trinajstić information content (AvgIpc) is 2.71. The van der Waals surface area contributed by atoms with Crippen molar-refractivity contribution in [3.8, 4) is 0 Å². The number of esters is 1. The lowest BCUT2D eigenvalue weighted by Gasteiger charge is -2.41. The molecule has 4 heteroatoms. The molecule has 1 spiro atoms. The summed E-state index contributed by atoms with van der Waals surface area (Å²) in [7, 11) is 0. The SMILES string of the molecule is CCOC(=O)C=C1NC2(C)CCCCC2C12C=CC(=O)C=C2. The third-order valence-electron chi connectivity index (χ3n) is 5.27. The van der Waals surface area contributed by atoms with E-state index in [4.69, 9.17) is 4.74 Å². The summed E-state index contributed by atoms with van der Waals surface area (Å²) in [6, 6.07) is 0. The van der Waals surface area contributed by atoms with Gasteiger partial charge in [0.1, 0.15) is 0 Å². The number of hydrogen-bond acceptors (Lipinski definition) is 4. The number of nitrogens with one attached hydrogen (secondary N) is 1. The van der Waals surface area contributed by atoms with Gasteiger partial charge in [-0.3, -0.25) is 4.79 Å². The quantitative estimate of drug-likeness (QED) is 0.629. The number of carbonyl (C=O) groups excluding carboxylic acids is 2. The molecule has 2 atom stereocenters. The maximum Gasteiger partial charge on any atom is 0.332 e. The van der Waals surface area contributed by atoms with Crippen molar-refractivity contribution in [2.75, 3.05) is 6.61 Å². The Kier molecular flexibility index (Phi) is 3.71. The molecular weight excluding hydrogens is 278 g/mol. The van der Waals surface area contributed by atoms with Crippen LogP contribution in [-0.4, -0.2) is 23.9 Å². The predicted octanol–water partition coefficient (Wildman–Crippen LogP) is 2.67. The van der Waals surface area contributed by atoms with Crippen LogP contribution in [0.2, 0.25) is 0 Å². The van der Waals surface area contributed by atoms with Crippen molar-refractivity contribution >= 4 is 11.8 Å². The van der Waals surface area contributed by atoms with Crippen LogP contribution in [-0.2, 0) is 14.3 Å². The molecule has 1 heterocycles.